The third-order valence-corrected chi connectivity index (χ3v) is 4.05. The van der Waals surface area contributed by atoms with Crippen LogP contribution in [0.15, 0.2) is 48.7 Å². The predicted molar refractivity (Wildman–Crippen MR) is 93.8 cm³/mol. The molecule has 0 saturated carbocycles. The molecular formula is C20H19NO3. The number of benzene rings is 2. The molecule has 3 rings (SSSR count). The average molecular weight is 321 g/mol. The highest BCUT2D eigenvalue weighted by molar-refractivity contribution is 6.41. The van der Waals surface area contributed by atoms with Crippen molar-refractivity contribution >= 4 is 23.1 Å². The standard InChI is InChI=1S/C20H19NO3/c1-4-24-12-17-15-7-5-6-8-16(15)19(22)21(20(17)23)18-10-9-13(2)11-14(18)3/h5-12H,4H2,1-3H3. The Hall–Kier alpha value is -2.88. The molecule has 2 amide bonds. The molecule has 0 fully saturated rings. The first-order chi connectivity index (χ1) is 11.5. The summed E-state index contributed by atoms with van der Waals surface area (Å²) in [6.45, 7) is 6.18. The van der Waals surface area contributed by atoms with Gasteiger partial charge in [0, 0.05) is 11.1 Å². The summed E-state index contributed by atoms with van der Waals surface area (Å²) in [6, 6.07) is 12.8. The van der Waals surface area contributed by atoms with Crippen LogP contribution >= 0.6 is 0 Å². The van der Waals surface area contributed by atoms with Gasteiger partial charge in [-0.1, -0.05) is 35.9 Å². The largest absolute Gasteiger partial charge is 0.501 e. The number of amides is 2. The minimum Gasteiger partial charge on any atom is -0.501 e. The first kappa shape index (κ1) is 16.0. The van der Waals surface area contributed by atoms with E-state index in [1.807, 2.05) is 45.0 Å². The number of ether oxygens (including phenoxy) is 1. The van der Waals surface area contributed by atoms with Gasteiger partial charge in [0.2, 0.25) is 0 Å². The molecule has 1 heterocycles. The van der Waals surface area contributed by atoms with Gasteiger partial charge in [0.15, 0.2) is 0 Å². The van der Waals surface area contributed by atoms with Gasteiger partial charge in [-0.3, -0.25) is 9.59 Å². The van der Waals surface area contributed by atoms with Crippen LogP contribution in [-0.4, -0.2) is 18.4 Å². The highest BCUT2D eigenvalue weighted by Gasteiger charge is 2.36. The fraction of sp³-hybridized carbons (Fsp3) is 0.200. The highest BCUT2D eigenvalue weighted by Crippen LogP contribution is 2.33. The summed E-state index contributed by atoms with van der Waals surface area (Å²) in [7, 11) is 0. The van der Waals surface area contributed by atoms with Gasteiger partial charge in [-0.2, -0.15) is 0 Å². The quantitative estimate of drug-likeness (QED) is 0.490. The Balaban J connectivity index is 2.18. The molecule has 2 aromatic carbocycles. The summed E-state index contributed by atoms with van der Waals surface area (Å²) in [4.78, 5) is 27.2. The molecular weight excluding hydrogens is 302 g/mol. The van der Waals surface area contributed by atoms with Crippen LogP contribution in [0.2, 0.25) is 0 Å². The van der Waals surface area contributed by atoms with Crippen LogP contribution in [0.1, 0.15) is 34.0 Å². The minimum atomic E-state index is -0.362. The number of rotatable bonds is 3. The third kappa shape index (κ3) is 2.60. The van der Waals surface area contributed by atoms with Crippen molar-refractivity contribution < 1.29 is 14.3 Å². The van der Waals surface area contributed by atoms with Gasteiger partial charge in [-0.15, -0.1) is 0 Å². The zero-order chi connectivity index (χ0) is 17.3. The zero-order valence-corrected chi connectivity index (χ0v) is 14.0. The Labute approximate surface area is 141 Å². The van der Waals surface area contributed by atoms with Gasteiger partial charge in [0.25, 0.3) is 11.8 Å². The van der Waals surface area contributed by atoms with Crippen molar-refractivity contribution in [3.05, 3.63) is 71.0 Å². The molecule has 0 N–H and O–H groups in total. The SMILES string of the molecule is CCOC=C1C(=O)N(c2ccc(C)cc2C)C(=O)c2ccccc21. The Kier molecular flexibility index (Phi) is 4.21. The van der Waals surface area contributed by atoms with E-state index in [0.717, 1.165) is 11.1 Å². The normalized spacial score (nSPS) is 15.6. The lowest BCUT2D eigenvalue weighted by atomic mass is 9.93. The second kappa shape index (κ2) is 6.32. The topological polar surface area (TPSA) is 46.6 Å². The van der Waals surface area contributed by atoms with Gasteiger partial charge >= 0.3 is 0 Å². The molecule has 0 aromatic heterocycles. The van der Waals surface area contributed by atoms with Gasteiger partial charge in [0.1, 0.15) is 0 Å². The number of anilines is 1. The lowest BCUT2D eigenvalue weighted by Gasteiger charge is -2.29. The summed E-state index contributed by atoms with van der Waals surface area (Å²) in [5.41, 5.74) is 4.08. The molecule has 0 bridgehead atoms. The van der Waals surface area contributed by atoms with E-state index in [-0.39, 0.29) is 11.8 Å². The van der Waals surface area contributed by atoms with E-state index in [1.54, 1.807) is 18.2 Å². The van der Waals surface area contributed by atoms with Crippen molar-refractivity contribution in [2.75, 3.05) is 11.5 Å². The Morgan fingerprint density at radius 1 is 1.00 bits per heavy atom. The molecule has 2 aromatic rings. The van der Waals surface area contributed by atoms with Crippen LogP contribution in [-0.2, 0) is 9.53 Å². The maximum absolute atomic E-state index is 13.0. The smallest absolute Gasteiger partial charge is 0.269 e. The molecule has 0 saturated heterocycles. The van der Waals surface area contributed by atoms with Crippen molar-refractivity contribution in [1.29, 1.82) is 0 Å². The van der Waals surface area contributed by atoms with Crippen molar-refractivity contribution in [2.45, 2.75) is 20.8 Å². The monoisotopic (exact) mass is 321 g/mol. The Morgan fingerprint density at radius 3 is 2.38 bits per heavy atom. The molecule has 0 spiro atoms. The summed E-state index contributed by atoms with van der Waals surface area (Å²) < 4.78 is 5.35. The molecule has 24 heavy (non-hydrogen) atoms. The van der Waals surface area contributed by atoms with Crippen LogP contribution in [0.25, 0.3) is 5.57 Å². The molecule has 0 aliphatic carbocycles. The molecule has 0 atom stereocenters. The van der Waals surface area contributed by atoms with Crippen LogP contribution in [0.3, 0.4) is 0 Å². The van der Waals surface area contributed by atoms with E-state index in [0.29, 0.717) is 29.0 Å². The van der Waals surface area contributed by atoms with Crippen molar-refractivity contribution in [2.24, 2.45) is 0 Å². The van der Waals surface area contributed by atoms with Crippen molar-refractivity contribution in [3.8, 4) is 0 Å². The highest BCUT2D eigenvalue weighted by atomic mass is 16.5. The molecule has 4 nitrogen and oxygen atoms in total. The van der Waals surface area contributed by atoms with Crippen LogP contribution in [0.4, 0.5) is 5.69 Å². The van der Waals surface area contributed by atoms with E-state index >= 15 is 0 Å². The van der Waals surface area contributed by atoms with Crippen molar-refractivity contribution in [1.82, 2.24) is 0 Å². The zero-order valence-electron chi connectivity index (χ0n) is 14.0. The number of hydrogen-bond donors (Lipinski definition) is 0. The van der Waals surface area contributed by atoms with Gasteiger partial charge in [0.05, 0.1) is 24.1 Å². The van der Waals surface area contributed by atoms with Crippen molar-refractivity contribution in [3.63, 3.8) is 0 Å². The number of nitrogens with zero attached hydrogens (tertiary/aromatic N) is 1. The van der Waals surface area contributed by atoms with Crippen LogP contribution in [0.5, 0.6) is 0 Å². The number of fused-ring (bicyclic) bond motifs is 1. The number of hydrogen-bond acceptors (Lipinski definition) is 3. The summed E-state index contributed by atoms with van der Waals surface area (Å²) in [6.07, 6.45) is 1.45. The minimum absolute atomic E-state index is 0.309. The molecule has 4 heteroatoms. The van der Waals surface area contributed by atoms with Gasteiger partial charge in [-0.25, -0.2) is 4.90 Å². The average Bonchev–Trinajstić information content (AvgIpc) is 2.57. The lowest BCUT2D eigenvalue weighted by Crippen LogP contribution is -2.42. The number of aryl methyl sites for hydroxylation is 2. The van der Waals surface area contributed by atoms with Crippen LogP contribution < -0.4 is 4.90 Å². The predicted octanol–water partition coefficient (Wildman–Crippen LogP) is 3.87. The van der Waals surface area contributed by atoms with E-state index in [4.69, 9.17) is 4.74 Å². The maximum atomic E-state index is 13.0. The Morgan fingerprint density at radius 2 is 1.71 bits per heavy atom. The first-order valence-electron chi connectivity index (χ1n) is 7.91. The molecule has 0 radical (unpaired) electrons. The number of carbonyl (C=O) groups excluding carboxylic acids is 2. The second-order valence-electron chi connectivity index (χ2n) is 5.77. The lowest BCUT2D eigenvalue weighted by molar-refractivity contribution is -0.113. The fourth-order valence-electron chi connectivity index (χ4n) is 2.91. The van der Waals surface area contributed by atoms with E-state index < -0.39 is 0 Å². The number of imide groups is 1. The van der Waals surface area contributed by atoms with Crippen LogP contribution in [0, 0.1) is 13.8 Å². The summed E-state index contributed by atoms with van der Waals surface area (Å²) in [5, 5.41) is 0. The summed E-state index contributed by atoms with van der Waals surface area (Å²) in [5.74, 6) is -0.671. The molecule has 1 aliphatic rings. The molecule has 0 unspecified atom stereocenters. The third-order valence-electron chi connectivity index (χ3n) is 4.05. The Bertz CT molecular complexity index is 852. The summed E-state index contributed by atoms with van der Waals surface area (Å²) >= 11 is 0. The molecule has 1 aliphatic heterocycles. The van der Waals surface area contributed by atoms with E-state index in [1.165, 1.54) is 11.2 Å². The maximum Gasteiger partial charge on any atom is 0.269 e. The second-order valence-corrected chi connectivity index (χ2v) is 5.77. The fourth-order valence-corrected chi connectivity index (χ4v) is 2.91. The van der Waals surface area contributed by atoms with Gasteiger partial charge in [-0.05, 0) is 38.5 Å². The first-order valence-corrected chi connectivity index (χ1v) is 7.91. The van der Waals surface area contributed by atoms with E-state index in [9.17, 15) is 9.59 Å². The van der Waals surface area contributed by atoms with E-state index in [2.05, 4.69) is 0 Å². The number of carbonyl (C=O) groups is 2. The molecule has 122 valence electrons. The van der Waals surface area contributed by atoms with Gasteiger partial charge < -0.3 is 4.74 Å².